The van der Waals surface area contributed by atoms with Crippen molar-refractivity contribution in [3.8, 4) is 0 Å². The SMILES string of the molecule is Cc1csc(NC(=O)CN2CCCN(CCO)CC2)n1. The van der Waals surface area contributed by atoms with Crippen molar-refractivity contribution in [3.63, 3.8) is 0 Å². The number of hydrogen-bond donors (Lipinski definition) is 2. The molecule has 6 nitrogen and oxygen atoms in total. The molecule has 1 fully saturated rings. The summed E-state index contributed by atoms with van der Waals surface area (Å²) < 4.78 is 0. The molecule has 1 amide bonds. The molecule has 1 saturated heterocycles. The van der Waals surface area contributed by atoms with Gasteiger partial charge in [-0.15, -0.1) is 11.3 Å². The van der Waals surface area contributed by atoms with Crippen LogP contribution in [0.4, 0.5) is 5.13 Å². The Morgan fingerprint density at radius 2 is 2.15 bits per heavy atom. The Balaban J connectivity index is 1.76. The van der Waals surface area contributed by atoms with Gasteiger partial charge in [-0.1, -0.05) is 0 Å². The molecule has 0 aliphatic carbocycles. The second-order valence-electron chi connectivity index (χ2n) is 5.04. The van der Waals surface area contributed by atoms with Gasteiger partial charge >= 0.3 is 0 Å². The third-order valence-electron chi connectivity index (χ3n) is 3.33. The minimum Gasteiger partial charge on any atom is -0.395 e. The van der Waals surface area contributed by atoms with Gasteiger partial charge in [0.2, 0.25) is 5.91 Å². The van der Waals surface area contributed by atoms with Crippen LogP contribution >= 0.6 is 11.3 Å². The smallest absolute Gasteiger partial charge is 0.240 e. The molecule has 1 aliphatic rings. The Morgan fingerprint density at radius 1 is 1.40 bits per heavy atom. The van der Waals surface area contributed by atoms with Crippen molar-refractivity contribution < 1.29 is 9.90 Å². The van der Waals surface area contributed by atoms with Gasteiger partial charge in [0.05, 0.1) is 18.8 Å². The van der Waals surface area contributed by atoms with E-state index in [1.807, 2.05) is 12.3 Å². The van der Waals surface area contributed by atoms with Gasteiger partial charge in [0.15, 0.2) is 5.13 Å². The first-order valence-corrected chi connectivity index (χ1v) is 7.83. The summed E-state index contributed by atoms with van der Waals surface area (Å²) in [7, 11) is 0. The summed E-state index contributed by atoms with van der Waals surface area (Å²) in [6.07, 6.45) is 1.03. The number of carbonyl (C=O) groups is 1. The molecule has 0 bridgehead atoms. The lowest BCUT2D eigenvalue weighted by Gasteiger charge is -2.20. The van der Waals surface area contributed by atoms with Crippen molar-refractivity contribution >= 4 is 22.4 Å². The van der Waals surface area contributed by atoms with E-state index in [0.29, 0.717) is 11.7 Å². The number of carbonyl (C=O) groups excluding carboxylic acids is 1. The number of aliphatic hydroxyl groups is 1. The Labute approximate surface area is 123 Å². The van der Waals surface area contributed by atoms with E-state index < -0.39 is 0 Å². The number of thiazole rings is 1. The van der Waals surface area contributed by atoms with Crippen molar-refractivity contribution in [2.24, 2.45) is 0 Å². The van der Waals surface area contributed by atoms with Gasteiger partial charge in [-0.05, 0) is 26.4 Å². The summed E-state index contributed by atoms with van der Waals surface area (Å²) in [5.41, 5.74) is 0.930. The highest BCUT2D eigenvalue weighted by Crippen LogP contribution is 2.14. The highest BCUT2D eigenvalue weighted by atomic mass is 32.1. The number of amides is 1. The highest BCUT2D eigenvalue weighted by Gasteiger charge is 2.17. The lowest BCUT2D eigenvalue weighted by molar-refractivity contribution is -0.117. The van der Waals surface area contributed by atoms with Crippen LogP contribution in [0.5, 0.6) is 0 Å². The minimum atomic E-state index is -0.00467. The molecule has 0 saturated carbocycles. The summed E-state index contributed by atoms with van der Waals surface area (Å²) >= 11 is 1.45. The maximum absolute atomic E-state index is 12.0. The van der Waals surface area contributed by atoms with Crippen molar-refractivity contribution in [2.45, 2.75) is 13.3 Å². The normalized spacial score (nSPS) is 17.9. The number of nitrogens with one attached hydrogen (secondary N) is 1. The molecule has 0 spiro atoms. The number of aryl methyl sites for hydroxylation is 1. The van der Waals surface area contributed by atoms with Crippen LogP contribution in [0.3, 0.4) is 0 Å². The zero-order valence-electron chi connectivity index (χ0n) is 11.8. The molecular formula is C13H22N4O2S. The quantitative estimate of drug-likeness (QED) is 0.823. The number of β-amino-alcohol motifs (C(OH)–C–C–N with tert-alkyl or cyclic N) is 1. The molecule has 1 aromatic heterocycles. The first kappa shape index (κ1) is 15.4. The monoisotopic (exact) mass is 298 g/mol. The molecular weight excluding hydrogens is 276 g/mol. The Hall–Kier alpha value is -1.02. The summed E-state index contributed by atoms with van der Waals surface area (Å²) in [5.74, 6) is -0.00467. The third kappa shape index (κ3) is 4.82. The largest absolute Gasteiger partial charge is 0.395 e. The molecule has 2 heterocycles. The van der Waals surface area contributed by atoms with E-state index >= 15 is 0 Å². The summed E-state index contributed by atoms with van der Waals surface area (Å²) in [5, 5.41) is 14.4. The van der Waals surface area contributed by atoms with E-state index in [4.69, 9.17) is 5.11 Å². The van der Waals surface area contributed by atoms with Crippen LogP contribution in [0.25, 0.3) is 0 Å². The van der Waals surface area contributed by atoms with Crippen LogP contribution in [-0.4, -0.2) is 71.7 Å². The number of nitrogens with zero attached hydrogens (tertiary/aromatic N) is 3. The predicted molar refractivity (Wildman–Crippen MR) is 80.1 cm³/mol. The van der Waals surface area contributed by atoms with Crippen molar-refractivity contribution in [1.82, 2.24) is 14.8 Å². The maximum Gasteiger partial charge on any atom is 0.240 e. The number of aliphatic hydroxyl groups excluding tert-OH is 1. The van der Waals surface area contributed by atoms with Crippen LogP contribution in [0.2, 0.25) is 0 Å². The Morgan fingerprint density at radius 3 is 2.85 bits per heavy atom. The highest BCUT2D eigenvalue weighted by molar-refractivity contribution is 7.13. The summed E-state index contributed by atoms with van der Waals surface area (Å²) in [4.78, 5) is 20.6. The average Bonchev–Trinajstić information content (AvgIpc) is 2.67. The zero-order chi connectivity index (χ0) is 14.4. The molecule has 7 heteroatoms. The van der Waals surface area contributed by atoms with E-state index in [1.54, 1.807) is 0 Å². The maximum atomic E-state index is 12.0. The second-order valence-corrected chi connectivity index (χ2v) is 5.90. The molecule has 0 radical (unpaired) electrons. The molecule has 20 heavy (non-hydrogen) atoms. The summed E-state index contributed by atoms with van der Waals surface area (Å²) in [6.45, 7) is 6.93. The van der Waals surface area contributed by atoms with Crippen LogP contribution in [-0.2, 0) is 4.79 Å². The van der Waals surface area contributed by atoms with Crippen LogP contribution in [0, 0.1) is 6.92 Å². The fraction of sp³-hybridized carbons (Fsp3) is 0.692. The van der Waals surface area contributed by atoms with Crippen molar-refractivity contribution in [2.75, 3.05) is 51.2 Å². The van der Waals surface area contributed by atoms with Gasteiger partial charge in [0.25, 0.3) is 0 Å². The third-order valence-corrected chi connectivity index (χ3v) is 4.21. The van der Waals surface area contributed by atoms with Gasteiger partial charge in [-0.25, -0.2) is 4.98 Å². The van der Waals surface area contributed by atoms with E-state index in [-0.39, 0.29) is 12.5 Å². The molecule has 2 N–H and O–H groups in total. The topological polar surface area (TPSA) is 68.7 Å². The van der Waals surface area contributed by atoms with Crippen LogP contribution < -0.4 is 5.32 Å². The molecule has 1 aromatic rings. The molecule has 1 aliphatic heterocycles. The fourth-order valence-electron chi connectivity index (χ4n) is 2.32. The minimum absolute atomic E-state index is 0.00467. The van der Waals surface area contributed by atoms with E-state index in [0.717, 1.165) is 44.8 Å². The van der Waals surface area contributed by atoms with Gasteiger partial charge in [0.1, 0.15) is 0 Å². The average molecular weight is 298 g/mol. The van der Waals surface area contributed by atoms with Gasteiger partial charge in [-0.3, -0.25) is 14.6 Å². The molecule has 0 aromatic carbocycles. The van der Waals surface area contributed by atoms with Crippen LogP contribution in [0.15, 0.2) is 5.38 Å². The predicted octanol–water partition coefficient (Wildman–Crippen LogP) is 0.390. The Kier molecular flexibility index (Phi) is 5.90. The standard InChI is InChI=1S/C13H22N4O2S/c1-11-10-20-13(14-11)15-12(19)9-17-4-2-3-16(5-6-17)7-8-18/h10,18H,2-9H2,1H3,(H,14,15,19). The van der Waals surface area contributed by atoms with Crippen molar-refractivity contribution in [3.05, 3.63) is 11.1 Å². The lowest BCUT2D eigenvalue weighted by Crippen LogP contribution is -2.36. The summed E-state index contributed by atoms with van der Waals surface area (Å²) in [6, 6.07) is 0. The van der Waals surface area contributed by atoms with E-state index in [9.17, 15) is 4.79 Å². The second kappa shape index (κ2) is 7.68. The first-order chi connectivity index (χ1) is 9.67. The molecule has 0 unspecified atom stereocenters. The number of anilines is 1. The fourth-order valence-corrected chi connectivity index (χ4v) is 3.03. The van der Waals surface area contributed by atoms with Gasteiger partial charge in [0, 0.05) is 25.0 Å². The van der Waals surface area contributed by atoms with E-state index in [1.165, 1.54) is 11.3 Å². The number of aromatic nitrogens is 1. The zero-order valence-corrected chi connectivity index (χ0v) is 12.7. The molecule has 112 valence electrons. The number of hydrogen-bond acceptors (Lipinski definition) is 6. The van der Waals surface area contributed by atoms with Gasteiger partial charge < -0.3 is 10.4 Å². The first-order valence-electron chi connectivity index (χ1n) is 6.95. The number of rotatable bonds is 5. The van der Waals surface area contributed by atoms with Crippen LogP contribution in [0.1, 0.15) is 12.1 Å². The molecule has 2 rings (SSSR count). The Bertz CT molecular complexity index is 438. The van der Waals surface area contributed by atoms with Gasteiger partial charge in [-0.2, -0.15) is 0 Å². The van der Waals surface area contributed by atoms with E-state index in [2.05, 4.69) is 20.1 Å². The molecule has 0 atom stereocenters. The lowest BCUT2D eigenvalue weighted by atomic mass is 10.3. The van der Waals surface area contributed by atoms with Crippen molar-refractivity contribution in [1.29, 1.82) is 0 Å².